The van der Waals surface area contributed by atoms with Crippen LogP contribution in [0.25, 0.3) is 0 Å². The lowest BCUT2D eigenvalue weighted by atomic mass is 9.96. The van der Waals surface area contributed by atoms with Gasteiger partial charge in [-0.25, -0.2) is 13.1 Å². The number of nitrogens with zero attached hydrogens (tertiary/aromatic N) is 1. The van der Waals surface area contributed by atoms with Gasteiger partial charge in [-0.1, -0.05) is 24.3 Å². The highest BCUT2D eigenvalue weighted by molar-refractivity contribution is 7.89. The molecule has 0 aromatic heterocycles. The van der Waals surface area contributed by atoms with Gasteiger partial charge >= 0.3 is 6.36 Å². The Morgan fingerprint density at radius 2 is 1.53 bits per heavy atom. The molecule has 3 aromatic rings. The molecule has 0 bridgehead atoms. The fourth-order valence-electron chi connectivity index (χ4n) is 4.43. The van der Waals surface area contributed by atoms with Gasteiger partial charge in [0.2, 0.25) is 10.0 Å². The summed E-state index contributed by atoms with van der Waals surface area (Å²) in [4.78, 5) is 1.67. The van der Waals surface area contributed by atoms with Gasteiger partial charge in [0, 0.05) is 13.1 Å². The quantitative estimate of drug-likeness (QED) is 0.473. The number of aliphatic hydroxyl groups excluding tert-OH is 1. The molecule has 5 rings (SSSR count). The first-order chi connectivity index (χ1) is 17.1. The Morgan fingerprint density at radius 3 is 2.11 bits per heavy atom. The molecule has 2 heterocycles. The van der Waals surface area contributed by atoms with Crippen molar-refractivity contribution < 1.29 is 36.2 Å². The molecule has 3 atom stereocenters. The molecule has 12 heteroatoms. The van der Waals surface area contributed by atoms with Gasteiger partial charge in [-0.15, -0.1) is 13.2 Å². The number of sulfonamides is 1. The van der Waals surface area contributed by atoms with Crippen LogP contribution < -0.4 is 24.4 Å². The van der Waals surface area contributed by atoms with Crippen LogP contribution in [0.5, 0.6) is 17.2 Å². The van der Waals surface area contributed by atoms with E-state index in [2.05, 4.69) is 14.8 Å². The van der Waals surface area contributed by atoms with Crippen LogP contribution in [0.1, 0.15) is 0 Å². The van der Waals surface area contributed by atoms with Gasteiger partial charge in [-0.2, -0.15) is 0 Å². The third-order valence-corrected chi connectivity index (χ3v) is 7.51. The van der Waals surface area contributed by atoms with E-state index >= 15 is 0 Å². The summed E-state index contributed by atoms with van der Waals surface area (Å²) in [5.74, 6) is 0.671. The molecule has 36 heavy (non-hydrogen) atoms. The monoisotopic (exact) mass is 521 g/mol. The van der Waals surface area contributed by atoms with Crippen LogP contribution in [0.4, 0.5) is 24.5 Å². The third-order valence-electron chi connectivity index (χ3n) is 6.00. The number of anilines is 2. The van der Waals surface area contributed by atoms with E-state index in [4.69, 9.17) is 4.74 Å². The minimum atomic E-state index is -4.89. The lowest BCUT2D eigenvalue weighted by Gasteiger charge is -2.45. The molecule has 0 spiro atoms. The van der Waals surface area contributed by atoms with Crippen LogP contribution >= 0.6 is 0 Å². The van der Waals surface area contributed by atoms with E-state index in [9.17, 15) is 26.7 Å². The average molecular weight is 522 g/mol. The number of hydrogen-bond acceptors (Lipinski definition) is 7. The van der Waals surface area contributed by atoms with Crippen LogP contribution in [-0.2, 0) is 10.0 Å². The predicted octanol–water partition coefficient (Wildman–Crippen LogP) is 3.51. The molecule has 1 unspecified atom stereocenters. The van der Waals surface area contributed by atoms with Crippen molar-refractivity contribution in [1.82, 2.24) is 10.0 Å². The van der Waals surface area contributed by atoms with Gasteiger partial charge in [0.25, 0.3) is 0 Å². The van der Waals surface area contributed by atoms with E-state index in [0.717, 1.165) is 35.6 Å². The van der Waals surface area contributed by atoms with Crippen molar-refractivity contribution in [3.05, 3.63) is 72.8 Å². The summed E-state index contributed by atoms with van der Waals surface area (Å²) < 4.78 is 75.4. The molecular weight excluding hydrogens is 499 g/mol. The number of para-hydroxylation sites is 4. The molecule has 0 amide bonds. The van der Waals surface area contributed by atoms with Crippen molar-refractivity contribution in [2.24, 2.45) is 0 Å². The lowest BCUT2D eigenvalue weighted by molar-refractivity contribution is -0.274. The third kappa shape index (κ3) is 4.85. The summed E-state index contributed by atoms with van der Waals surface area (Å²) in [6.07, 6.45) is -6.02. The lowest BCUT2D eigenvalue weighted by Crippen LogP contribution is -2.64. The van der Waals surface area contributed by atoms with Crippen molar-refractivity contribution >= 4 is 21.4 Å². The SMILES string of the molecule is O=S(=O)(N[C@@H]1CNCC(N2c3ccccc3Oc3ccccc32)[C@H]1O)c1ccc(OC(F)(F)F)cc1. The number of halogens is 3. The summed E-state index contributed by atoms with van der Waals surface area (Å²) in [7, 11) is -4.16. The number of benzene rings is 3. The smallest absolute Gasteiger partial charge is 0.453 e. The van der Waals surface area contributed by atoms with Gasteiger partial charge in [-0.05, 0) is 48.5 Å². The second-order valence-electron chi connectivity index (χ2n) is 8.37. The zero-order valence-electron chi connectivity index (χ0n) is 18.6. The maximum atomic E-state index is 13.0. The number of ether oxygens (including phenoxy) is 2. The summed E-state index contributed by atoms with van der Waals surface area (Å²) in [6.45, 7) is 0.519. The number of hydrogen-bond donors (Lipinski definition) is 3. The zero-order chi connectivity index (χ0) is 25.5. The minimum absolute atomic E-state index is 0.153. The summed E-state index contributed by atoms with van der Waals surface area (Å²) >= 11 is 0. The van der Waals surface area contributed by atoms with E-state index in [0.29, 0.717) is 18.0 Å². The molecule has 190 valence electrons. The number of piperidine rings is 1. The molecule has 0 aliphatic carbocycles. The van der Waals surface area contributed by atoms with Crippen LogP contribution in [0.2, 0.25) is 0 Å². The number of fused-ring (bicyclic) bond motifs is 2. The van der Waals surface area contributed by atoms with E-state index in [-0.39, 0.29) is 11.4 Å². The Hall–Kier alpha value is -3.32. The fourth-order valence-corrected chi connectivity index (χ4v) is 5.68. The maximum Gasteiger partial charge on any atom is 0.573 e. The molecule has 0 saturated carbocycles. The highest BCUT2D eigenvalue weighted by atomic mass is 32.2. The number of alkyl halides is 3. The second-order valence-corrected chi connectivity index (χ2v) is 10.1. The van der Waals surface area contributed by atoms with Crippen molar-refractivity contribution in [3.8, 4) is 17.2 Å². The van der Waals surface area contributed by atoms with Gasteiger partial charge in [0.05, 0.1) is 34.5 Å². The van der Waals surface area contributed by atoms with Crippen LogP contribution in [0, 0.1) is 0 Å². The number of nitrogens with one attached hydrogen (secondary N) is 2. The zero-order valence-corrected chi connectivity index (χ0v) is 19.5. The van der Waals surface area contributed by atoms with Crippen LogP contribution in [-0.4, -0.2) is 51.2 Å². The van der Waals surface area contributed by atoms with Crippen molar-refractivity contribution in [2.75, 3.05) is 18.0 Å². The van der Waals surface area contributed by atoms with E-state index in [1.165, 1.54) is 0 Å². The molecule has 2 aliphatic rings. The highest BCUT2D eigenvalue weighted by Crippen LogP contribution is 2.48. The first-order valence-electron chi connectivity index (χ1n) is 11.0. The van der Waals surface area contributed by atoms with Gasteiger partial charge in [-0.3, -0.25) is 0 Å². The fraction of sp³-hybridized carbons (Fsp3) is 0.250. The van der Waals surface area contributed by atoms with E-state index in [1.807, 2.05) is 53.4 Å². The van der Waals surface area contributed by atoms with Gasteiger partial charge < -0.3 is 24.8 Å². The summed E-state index contributed by atoms with van der Waals surface area (Å²) in [5.41, 5.74) is 1.46. The largest absolute Gasteiger partial charge is 0.573 e. The molecule has 0 radical (unpaired) electrons. The van der Waals surface area contributed by atoms with E-state index in [1.54, 1.807) is 0 Å². The van der Waals surface area contributed by atoms with Crippen LogP contribution in [0.15, 0.2) is 77.7 Å². The molecule has 1 fully saturated rings. The average Bonchev–Trinajstić information content (AvgIpc) is 2.83. The normalized spacial score (nSPS) is 21.8. The Bertz CT molecular complexity index is 1310. The minimum Gasteiger partial charge on any atom is -0.453 e. The number of aliphatic hydroxyl groups is 1. The molecule has 1 saturated heterocycles. The Balaban J connectivity index is 1.39. The molecule has 3 N–H and O–H groups in total. The Morgan fingerprint density at radius 1 is 0.944 bits per heavy atom. The van der Waals surface area contributed by atoms with Crippen molar-refractivity contribution in [3.63, 3.8) is 0 Å². The predicted molar refractivity (Wildman–Crippen MR) is 125 cm³/mol. The molecule has 8 nitrogen and oxygen atoms in total. The molecule has 3 aromatic carbocycles. The van der Waals surface area contributed by atoms with Crippen LogP contribution in [0.3, 0.4) is 0 Å². The topological polar surface area (TPSA) is 100 Å². The standard InChI is InChI=1S/C24H22F3N3O5S/c25-24(26,27)35-15-9-11-16(12-10-15)36(32,33)29-17-13-28-14-20(23(17)31)30-18-5-1-3-7-21(18)34-22-8-4-2-6-19(22)30/h1-12,17,20,23,28-29,31H,13-14H2/t17-,20?,23+/m1/s1. The Kier molecular flexibility index (Phi) is 6.29. The van der Waals surface area contributed by atoms with Crippen molar-refractivity contribution in [2.45, 2.75) is 29.4 Å². The van der Waals surface area contributed by atoms with Gasteiger partial charge in [0.15, 0.2) is 11.5 Å². The maximum absolute atomic E-state index is 13.0. The summed E-state index contributed by atoms with van der Waals surface area (Å²) in [5, 5.41) is 14.5. The molecular formula is C24H22F3N3O5S. The van der Waals surface area contributed by atoms with Crippen molar-refractivity contribution in [1.29, 1.82) is 0 Å². The van der Waals surface area contributed by atoms with E-state index < -0.39 is 40.3 Å². The molecule has 2 aliphatic heterocycles. The first-order valence-corrected chi connectivity index (χ1v) is 12.5. The first kappa shape index (κ1) is 24.4. The Labute approximate surface area is 205 Å². The number of rotatable bonds is 5. The second kappa shape index (κ2) is 9.28. The summed E-state index contributed by atoms with van der Waals surface area (Å²) in [6, 6.07) is 17.1. The van der Waals surface area contributed by atoms with Gasteiger partial charge in [0.1, 0.15) is 5.75 Å². The highest BCUT2D eigenvalue weighted by Gasteiger charge is 2.41.